The summed E-state index contributed by atoms with van der Waals surface area (Å²) in [5, 5.41) is 20.5. The average molecular weight is 333 g/mol. The number of nitriles is 1. The fraction of sp³-hybridized carbons (Fsp3) is 0.312. The monoisotopic (exact) mass is 333 g/mol. The number of rotatable bonds is 6. The Bertz CT molecular complexity index is 739. The van der Waals surface area contributed by atoms with Gasteiger partial charge in [-0.15, -0.1) is 0 Å². The minimum Gasteiger partial charge on any atom is -0.466 e. The minimum atomic E-state index is -0.661. The SMILES string of the molecule is COC(=O)C1=C(Nc2ccc(F)c(CC#N)c2)C(=O)N(CCO)C1. The molecule has 1 aliphatic heterocycles. The Morgan fingerprint density at radius 3 is 2.92 bits per heavy atom. The molecular weight excluding hydrogens is 317 g/mol. The van der Waals surface area contributed by atoms with E-state index in [0.717, 1.165) is 0 Å². The van der Waals surface area contributed by atoms with Crippen LogP contribution in [-0.2, 0) is 20.7 Å². The predicted molar refractivity (Wildman–Crippen MR) is 82.0 cm³/mol. The molecule has 126 valence electrons. The normalized spacial score (nSPS) is 13.9. The second kappa shape index (κ2) is 7.57. The summed E-state index contributed by atoms with van der Waals surface area (Å²) >= 11 is 0. The van der Waals surface area contributed by atoms with Gasteiger partial charge in [-0.1, -0.05) is 0 Å². The van der Waals surface area contributed by atoms with E-state index in [4.69, 9.17) is 10.4 Å². The maximum absolute atomic E-state index is 13.6. The third-order valence-corrected chi connectivity index (χ3v) is 3.54. The maximum Gasteiger partial charge on any atom is 0.337 e. The fourth-order valence-electron chi connectivity index (χ4n) is 2.37. The number of ether oxygens (including phenoxy) is 1. The predicted octanol–water partition coefficient (Wildman–Crippen LogP) is 0.565. The zero-order valence-corrected chi connectivity index (χ0v) is 13.0. The molecule has 1 aromatic carbocycles. The number of benzene rings is 1. The topological polar surface area (TPSA) is 103 Å². The number of carbonyl (C=O) groups excluding carboxylic acids is 2. The molecule has 8 heteroatoms. The zero-order chi connectivity index (χ0) is 17.7. The van der Waals surface area contributed by atoms with Gasteiger partial charge in [-0.2, -0.15) is 5.26 Å². The van der Waals surface area contributed by atoms with Gasteiger partial charge in [-0.3, -0.25) is 4.79 Å². The second-order valence-corrected chi connectivity index (χ2v) is 5.06. The van der Waals surface area contributed by atoms with Crippen molar-refractivity contribution in [2.45, 2.75) is 6.42 Å². The fourth-order valence-corrected chi connectivity index (χ4v) is 2.37. The molecule has 24 heavy (non-hydrogen) atoms. The van der Waals surface area contributed by atoms with Gasteiger partial charge < -0.3 is 20.1 Å². The van der Waals surface area contributed by atoms with Gasteiger partial charge in [0.25, 0.3) is 5.91 Å². The van der Waals surface area contributed by atoms with Crippen LogP contribution < -0.4 is 5.32 Å². The van der Waals surface area contributed by atoms with E-state index in [-0.39, 0.29) is 43.0 Å². The van der Waals surface area contributed by atoms with Crippen LogP contribution in [0, 0.1) is 17.1 Å². The lowest BCUT2D eigenvalue weighted by atomic mass is 10.1. The van der Waals surface area contributed by atoms with Crippen molar-refractivity contribution in [1.82, 2.24) is 4.90 Å². The Balaban J connectivity index is 2.33. The van der Waals surface area contributed by atoms with Gasteiger partial charge in [0.1, 0.15) is 11.5 Å². The lowest BCUT2D eigenvalue weighted by Gasteiger charge is -2.15. The molecule has 0 fully saturated rings. The van der Waals surface area contributed by atoms with Gasteiger partial charge in [0.15, 0.2) is 0 Å². The number of esters is 1. The third kappa shape index (κ3) is 3.52. The summed E-state index contributed by atoms with van der Waals surface area (Å²) in [6.07, 6.45) is -0.116. The largest absolute Gasteiger partial charge is 0.466 e. The van der Waals surface area contributed by atoms with E-state index in [1.807, 2.05) is 6.07 Å². The number of hydrogen-bond donors (Lipinski definition) is 2. The molecule has 0 saturated carbocycles. The van der Waals surface area contributed by atoms with Crippen molar-refractivity contribution in [3.05, 3.63) is 40.8 Å². The van der Waals surface area contributed by atoms with E-state index in [1.165, 1.54) is 30.2 Å². The Morgan fingerprint density at radius 1 is 1.54 bits per heavy atom. The van der Waals surface area contributed by atoms with Crippen molar-refractivity contribution in [3.63, 3.8) is 0 Å². The number of β-amino-alcohol motifs (C(OH)–C–C–N with tert-alkyl or cyclic N) is 1. The average Bonchev–Trinajstić information content (AvgIpc) is 2.87. The minimum absolute atomic E-state index is 0.0145. The molecule has 0 bridgehead atoms. The molecule has 0 saturated heterocycles. The first-order valence-electron chi connectivity index (χ1n) is 7.15. The van der Waals surface area contributed by atoms with Crippen molar-refractivity contribution in [2.24, 2.45) is 0 Å². The third-order valence-electron chi connectivity index (χ3n) is 3.54. The highest BCUT2D eigenvalue weighted by Gasteiger charge is 2.34. The number of methoxy groups -OCH3 is 1. The van der Waals surface area contributed by atoms with Gasteiger partial charge >= 0.3 is 5.97 Å². The number of nitrogens with zero attached hydrogens (tertiary/aromatic N) is 2. The van der Waals surface area contributed by atoms with Crippen molar-refractivity contribution in [1.29, 1.82) is 5.26 Å². The van der Waals surface area contributed by atoms with Crippen LogP contribution in [0.25, 0.3) is 0 Å². The summed E-state index contributed by atoms with van der Waals surface area (Å²) in [6, 6.07) is 5.84. The second-order valence-electron chi connectivity index (χ2n) is 5.06. The summed E-state index contributed by atoms with van der Waals surface area (Å²) in [7, 11) is 1.20. The molecule has 0 unspecified atom stereocenters. The quantitative estimate of drug-likeness (QED) is 0.738. The van der Waals surface area contributed by atoms with Crippen molar-refractivity contribution in [2.75, 3.05) is 32.1 Å². The Morgan fingerprint density at radius 2 is 2.29 bits per heavy atom. The number of aliphatic hydroxyl groups is 1. The van der Waals surface area contributed by atoms with Gasteiger partial charge in [0, 0.05) is 17.8 Å². The highest BCUT2D eigenvalue weighted by Crippen LogP contribution is 2.24. The van der Waals surface area contributed by atoms with E-state index in [2.05, 4.69) is 10.1 Å². The van der Waals surface area contributed by atoms with Gasteiger partial charge in [0.2, 0.25) is 0 Å². The molecule has 1 aliphatic rings. The smallest absolute Gasteiger partial charge is 0.337 e. The lowest BCUT2D eigenvalue weighted by molar-refractivity contribution is -0.136. The van der Waals surface area contributed by atoms with E-state index in [9.17, 15) is 14.0 Å². The van der Waals surface area contributed by atoms with Crippen LogP contribution >= 0.6 is 0 Å². The molecular formula is C16H16FN3O4. The van der Waals surface area contributed by atoms with E-state index in [1.54, 1.807) is 0 Å². The molecule has 0 radical (unpaired) electrons. The molecule has 1 heterocycles. The first kappa shape index (κ1) is 17.4. The molecule has 0 aliphatic carbocycles. The van der Waals surface area contributed by atoms with Crippen molar-refractivity contribution < 1.29 is 23.8 Å². The summed E-state index contributed by atoms with van der Waals surface area (Å²) in [6.45, 7) is -0.148. The molecule has 0 atom stereocenters. The van der Waals surface area contributed by atoms with Crippen molar-refractivity contribution in [3.8, 4) is 6.07 Å². The van der Waals surface area contributed by atoms with Gasteiger partial charge in [0.05, 0.1) is 38.3 Å². The summed E-state index contributed by atoms with van der Waals surface area (Å²) in [5.41, 5.74) is 0.699. The highest BCUT2D eigenvalue weighted by molar-refractivity contribution is 6.08. The van der Waals surface area contributed by atoms with Crippen LogP contribution in [0.15, 0.2) is 29.5 Å². The summed E-state index contributed by atoms with van der Waals surface area (Å²) < 4.78 is 18.3. The van der Waals surface area contributed by atoms with Crippen LogP contribution in [0.3, 0.4) is 0 Å². The molecule has 2 rings (SSSR count). The number of anilines is 1. The highest BCUT2D eigenvalue weighted by atomic mass is 19.1. The molecule has 1 aromatic rings. The number of carbonyl (C=O) groups is 2. The zero-order valence-electron chi connectivity index (χ0n) is 13.0. The Hall–Kier alpha value is -2.92. The van der Waals surface area contributed by atoms with Crippen LogP contribution in [0.4, 0.5) is 10.1 Å². The van der Waals surface area contributed by atoms with Gasteiger partial charge in [-0.25, -0.2) is 9.18 Å². The standard InChI is InChI=1S/C16H16FN3O4/c1-24-16(23)12-9-20(6-7-21)15(22)14(12)19-11-2-3-13(17)10(8-11)4-5-18/h2-3,8,19,21H,4,6-7,9H2,1H3. The van der Waals surface area contributed by atoms with Crippen LogP contribution in [-0.4, -0.2) is 48.7 Å². The Labute approximate surface area is 137 Å². The van der Waals surface area contributed by atoms with Gasteiger partial charge in [-0.05, 0) is 18.2 Å². The van der Waals surface area contributed by atoms with Crippen LogP contribution in [0.2, 0.25) is 0 Å². The Kier molecular flexibility index (Phi) is 5.50. The van der Waals surface area contributed by atoms with E-state index >= 15 is 0 Å². The number of aliphatic hydroxyl groups excluding tert-OH is 1. The first-order chi connectivity index (χ1) is 11.5. The van der Waals surface area contributed by atoms with Crippen LogP contribution in [0.1, 0.15) is 5.56 Å². The first-order valence-corrected chi connectivity index (χ1v) is 7.15. The van der Waals surface area contributed by atoms with Crippen LogP contribution in [0.5, 0.6) is 0 Å². The van der Waals surface area contributed by atoms with E-state index < -0.39 is 17.7 Å². The van der Waals surface area contributed by atoms with E-state index in [0.29, 0.717) is 5.69 Å². The lowest BCUT2D eigenvalue weighted by Crippen LogP contribution is -2.31. The number of halogens is 1. The molecule has 1 amide bonds. The molecule has 0 aromatic heterocycles. The molecule has 2 N–H and O–H groups in total. The molecule has 0 spiro atoms. The summed E-state index contributed by atoms with van der Waals surface area (Å²) in [4.78, 5) is 25.5. The summed E-state index contributed by atoms with van der Waals surface area (Å²) in [5.74, 6) is -1.65. The number of hydrogen-bond acceptors (Lipinski definition) is 6. The maximum atomic E-state index is 13.6. The number of amides is 1. The van der Waals surface area contributed by atoms with Crippen molar-refractivity contribution >= 4 is 17.6 Å². The molecule has 7 nitrogen and oxygen atoms in total. The number of nitrogens with one attached hydrogen (secondary N) is 1.